The number of thiophene rings is 1. The Hall–Kier alpha value is -1.23. The van der Waals surface area contributed by atoms with Gasteiger partial charge in [0, 0.05) is 28.7 Å². The van der Waals surface area contributed by atoms with E-state index in [-0.39, 0.29) is 0 Å². The topological polar surface area (TPSA) is 24.9 Å². The summed E-state index contributed by atoms with van der Waals surface area (Å²) in [4.78, 5) is 4.38. The zero-order valence-corrected chi connectivity index (χ0v) is 11.7. The number of hydrogen-bond acceptors (Lipinski definition) is 4. The summed E-state index contributed by atoms with van der Waals surface area (Å²) in [7, 11) is 2.02. The van der Waals surface area contributed by atoms with Gasteiger partial charge in [0.15, 0.2) is 0 Å². The summed E-state index contributed by atoms with van der Waals surface area (Å²) in [6, 6.07) is 8.92. The molecule has 2 heterocycles. The van der Waals surface area contributed by atoms with Gasteiger partial charge in [-0.15, -0.1) is 22.7 Å². The maximum atomic E-state index is 4.38. The Bertz CT molecular complexity index is 628. The molecule has 18 heavy (non-hydrogen) atoms. The number of nitrogens with zero attached hydrogens (tertiary/aromatic N) is 1. The van der Waals surface area contributed by atoms with Crippen LogP contribution in [-0.4, -0.2) is 12.0 Å². The van der Waals surface area contributed by atoms with Crippen LogP contribution in [0.1, 0.15) is 16.6 Å². The minimum Gasteiger partial charge on any atom is -0.313 e. The number of rotatable bonds is 4. The summed E-state index contributed by atoms with van der Waals surface area (Å²) in [5, 5.41) is 10.3. The van der Waals surface area contributed by atoms with Crippen LogP contribution in [0.5, 0.6) is 0 Å². The fourth-order valence-corrected chi connectivity index (χ4v) is 3.84. The van der Waals surface area contributed by atoms with Crippen molar-refractivity contribution in [2.24, 2.45) is 0 Å². The molecule has 3 rings (SSSR count). The molecule has 4 heteroatoms. The first-order valence-corrected chi connectivity index (χ1v) is 7.66. The third-order valence-electron chi connectivity index (χ3n) is 3.10. The predicted molar refractivity (Wildman–Crippen MR) is 79.4 cm³/mol. The molecular weight excluding hydrogens is 260 g/mol. The Labute approximate surface area is 114 Å². The van der Waals surface area contributed by atoms with Gasteiger partial charge in [0.1, 0.15) is 0 Å². The first kappa shape index (κ1) is 11.8. The minimum absolute atomic E-state index is 0.340. The number of aromatic nitrogens is 1. The van der Waals surface area contributed by atoms with Crippen molar-refractivity contribution in [1.29, 1.82) is 0 Å². The zero-order valence-electron chi connectivity index (χ0n) is 10.1. The van der Waals surface area contributed by atoms with Gasteiger partial charge in [-0.1, -0.05) is 18.2 Å². The second kappa shape index (κ2) is 5.18. The highest BCUT2D eigenvalue weighted by Gasteiger charge is 2.15. The first-order valence-electron chi connectivity index (χ1n) is 5.90. The van der Waals surface area contributed by atoms with Crippen LogP contribution < -0.4 is 5.32 Å². The van der Waals surface area contributed by atoms with Crippen LogP contribution in [0.15, 0.2) is 41.2 Å². The standard InChI is InChI=1S/C14H14N2S2/c1-15-12(8-14-16-6-7-17-14)11-9-18-13-5-3-2-4-10(11)13/h2-7,9,12,15H,8H2,1H3. The van der Waals surface area contributed by atoms with Gasteiger partial charge in [0.25, 0.3) is 0 Å². The lowest BCUT2D eigenvalue weighted by atomic mass is 10.0. The maximum Gasteiger partial charge on any atom is 0.0943 e. The third-order valence-corrected chi connectivity index (χ3v) is 4.88. The Kier molecular flexibility index (Phi) is 3.41. The summed E-state index contributed by atoms with van der Waals surface area (Å²) >= 11 is 3.53. The molecule has 2 nitrogen and oxygen atoms in total. The van der Waals surface area contributed by atoms with Crippen LogP contribution in [0, 0.1) is 0 Å². The highest BCUT2D eigenvalue weighted by Crippen LogP contribution is 2.31. The normalized spacial score (nSPS) is 12.9. The van der Waals surface area contributed by atoms with Crippen LogP contribution in [0.25, 0.3) is 10.1 Å². The van der Waals surface area contributed by atoms with Crippen LogP contribution >= 0.6 is 22.7 Å². The van der Waals surface area contributed by atoms with Gasteiger partial charge in [-0.25, -0.2) is 4.98 Å². The predicted octanol–water partition coefficient (Wildman–Crippen LogP) is 3.86. The molecule has 2 aromatic heterocycles. The van der Waals surface area contributed by atoms with Gasteiger partial charge >= 0.3 is 0 Å². The van der Waals surface area contributed by atoms with Gasteiger partial charge in [-0.3, -0.25) is 0 Å². The molecule has 3 aromatic rings. The number of fused-ring (bicyclic) bond motifs is 1. The molecule has 0 amide bonds. The van der Waals surface area contributed by atoms with E-state index in [2.05, 4.69) is 39.9 Å². The molecule has 0 bridgehead atoms. The average molecular weight is 274 g/mol. The van der Waals surface area contributed by atoms with Crippen LogP contribution in [0.4, 0.5) is 0 Å². The van der Waals surface area contributed by atoms with Crippen LogP contribution in [0.2, 0.25) is 0 Å². The molecule has 92 valence electrons. The molecule has 0 fully saturated rings. The van der Waals surface area contributed by atoms with E-state index in [0.717, 1.165) is 6.42 Å². The molecular formula is C14H14N2S2. The molecule has 1 N–H and O–H groups in total. The van der Waals surface area contributed by atoms with Crippen molar-refractivity contribution in [2.75, 3.05) is 7.05 Å². The fraction of sp³-hybridized carbons (Fsp3) is 0.214. The van der Waals surface area contributed by atoms with E-state index in [1.54, 1.807) is 11.3 Å². The molecule has 0 aliphatic heterocycles. The summed E-state index contributed by atoms with van der Waals surface area (Å²) in [5.74, 6) is 0. The summed E-state index contributed by atoms with van der Waals surface area (Å²) in [5.41, 5.74) is 1.38. The highest BCUT2D eigenvalue weighted by molar-refractivity contribution is 7.17. The Morgan fingerprint density at radius 3 is 2.94 bits per heavy atom. The molecule has 0 aliphatic rings. The van der Waals surface area contributed by atoms with E-state index in [1.165, 1.54) is 20.7 Å². The third kappa shape index (κ3) is 2.19. The second-order valence-corrected chi connectivity index (χ2v) is 6.05. The molecule has 0 saturated heterocycles. The Morgan fingerprint density at radius 2 is 2.17 bits per heavy atom. The van der Waals surface area contributed by atoms with E-state index in [4.69, 9.17) is 0 Å². The Balaban J connectivity index is 1.96. The van der Waals surface area contributed by atoms with Gasteiger partial charge in [-0.05, 0) is 29.4 Å². The molecule has 1 atom stereocenters. The maximum absolute atomic E-state index is 4.38. The molecule has 0 radical (unpaired) electrons. The molecule has 1 unspecified atom stereocenters. The molecule has 0 spiro atoms. The van der Waals surface area contributed by atoms with Crippen LogP contribution in [0.3, 0.4) is 0 Å². The van der Waals surface area contributed by atoms with Crippen molar-refractivity contribution in [3.8, 4) is 0 Å². The van der Waals surface area contributed by atoms with Crippen molar-refractivity contribution in [3.05, 3.63) is 51.8 Å². The Morgan fingerprint density at radius 1 is 1.28 bits per heavy atom. The van der Waals surface area contributed by atoms with E-state index in [1.807, 2.05) is 30.0 Å². The molecule has 1 aromatic carbocycles. The number of nitrogens with one attached hydrogen (secondary N) is 1. The number of hydrogen-bond donors (Lipinski definition) is 1. The van der Waals surface area contributed by atoms with Gasteiger partial charge in [-0.2, -0.15) is 0 Å². The smallest absolute Gasteiger partial charge is 0.0943 e. The average Bonchev–Trinajstić information content (AvgIpc) is 3.05. The zero-order chi connectivity index (χ0) is 12.4. The SMILES string of the molecule is CNC(Cc1nccs1)c1csc2ccccc12. The van der Waals surface area contributed by atoms with Crippen molar-refractivity contribution in [2.45, 2.75) is 12.5 Å². The van der Waals surface area contributed by atoms with Crippen molar-refractivity contribution >= 4 is 32.8 Å². The minimum atomic E-state index is 0.340. The number of thiazole rings is 1. The van der Waals surface area contributed by atoms with E-state index in [9.17, 15) is 0 Å². The first-order chi connectivity index (χ1) is 8.88. The van der Waals surface area contributed by atoms with E-state index >= 15 is 0 Å². The van der Waals surface area contributed by atoms with Gasteiger partial charge in [0.05, 0.1) is 5.01 Å². The molecule has 0 saturated carbocycles. The van der Waals surface area contributed by atoms with Gasteiger partial charge in [0.2, 0.25) is 0 Å². The summed E-state index contributed by atoms with van der Waals surface area (Å²) in [6.07, 6.45) is 2.83. The quantitative estimate of drug-likeness (QED) is 0.781. The van der Waals surface area contributed by atoms with Crippen molar-refractivity contribution < 1.29 is 0 Å². The monoisotopic (exact) mass is 274 g/mol. The van der Waals surface area contributed by atoms with Crippen molar-refractivity contribution in [3.63, 3.8) is 0 Å². The largest absolute Gasteiger partial charge is 0.313 e. The van der Waals surface area contributed by atoms with E-state index in [0.29, 0.717) is 6.04 Å². The van der Waals surface area contributed by atoms with Crippen molar-refractivity contribution in [1.82, 2.24) is 10.3 Å². The van der Waals surface area contributed by atoms with Gasteiger partial charge < -0.3 is 5.32 Å². The lowest BCUT2D eigenvalue weighted by Crippen LogP contribution is -2.18. The second-order valence-electron chi connectivity index (χ2n) is 4.16. The number of benzene rings is 1. The highest BCUT2D eigenvalue weighted by atomic mass is 32.1. The fourth-order valence-electron chi connectivity index (χ4n) is 2.16. The van der Waals surface area contributed by atoms with Crippen LogP contribution in [-0.2, 0) is 6.42 Å². The van der Waals surface area contributed by atoms with E-state index < -0.39 is 0 Å². The molecule has 0 aliphatic carbocycles. The lowest BCUT2D eigenvalue weighted by Gasteiger charge is -2.14. The number of likely N-dealkylation sites (N-methyl/N-ethyl adjacent to an activating group) is 1. The lowest BCUT2D eigenvalue weighted by molar-refractivity contribution is 0.596. The summed E-state index contributed by atoms with van der Waals surface area (Å²) in [6.45, 7) is 0. The summed E-state index contributed by atoms with van der Waals surface area (Å²) < 4.78 is 1.35.